The van der Waals surface area contributed by atoms with E-state index in [0.717, 1.165) is 0 Å². The van der Waals surface area contributed by atoms with Crippen molar-refractivity contribution in [2.24, 2.45) is 0 Å². The van der Waals surface area contributed by atoms with Crippen molar-refractivity contribution >= 4 is 17.3 Å². The number of aromatic hydroxyl groups is 1. The molecule has 0 radical (unpaired) electrons. The topological polar surface area (TPSA) is 74.5 Å². The zero-order valence-electron chi connectivity index (χ0n) is 10.9. The largest absolute Gasteiger partial charge is 0.507 e. The number of nitrogens with one attached hydrogen (secondary N) is 1. The third-order valence-electron chi connectivity index (χ3n) is 3.14. The molecule has 0 saturated heterocycles. The Morgan fingerprint density at radius 2 is 2.00 bits per heavy atom. The first-order valence-corrected chi connectivity index (χ1v) is 6.60. The van der Waals surface area contributed by atoms with Gasteiger partial charge in [0.2, 0.25) is 6.79 Å². The Bertz CT molecular complexity index is 740. The van der Waals surface area contributed by atoms with Gasteiger partial charge in [-0.25, -0.2) is 0 Å². The summed E-state index contributed by atoms with van der Waals surface area (Å²) in [6.45, 7) is 0.529. The quantitative estimate of drug-likeness (QED) is 0.910. The van der Waals surface area contributed by atoms with Gasteiger partial charge in [-0.2, -0.15) is 5.26 Å². The number of anilines is 1. The lowest BCUT2D eigenvalue weighted by molar-refractivity contribution is 0.174. The summed E-state index contributed by atoms with van der Waals surface area (Å²) in [6.07, 6.45) is 0. The smallest absolute Gasteiger partial charge is 0.231 e. The van der Waals surface area contributed by atoms with E-state index >= 15 is 0 Å². The van der Waals surface area contributed by atoms with Crippen molar-refractivity contribution in [3.8, 4) is 23.3 Å². The van der Waals surface area contributed by atoms with Gasteiger partial charge in [0.25, 0.3) is 0 Å². The Hall–Kier alpha value is -2.58. The molecule has 6 heteroatoms. The highest BCUT2D eigenvalue weighted by molar-refractivity contribution is 6.33. The first-order valence-electron chi connectivity index (χ1n) is 6.22. The second kappa shape index (κ2) is 5.43. The first kappa shape index (κ1) is 13.4. The zero-order valence-corrected chi connectivity index (χ0v) is 11.6. The molecule has 1 aliphatic heterocycles. The van der Waals surface area contributed by atoms with Crippen molar-refractivity contribution in [2.75, 3.05) is 12.1 Å². The van der Waals surface area contributed by atoms with Crippen LogP contribution in [0.3, 0.4) is 0 Å². The number of nitrogens with zero attached hydrogens (tertiary/aromatic N) is 1. The van der Waals surface area contributed by atoms with Crippen LogP contribution in [0.25, 0.3) is 0 Å². The highest BCUT2D eigenvalue weighted by atomic mass is 35.5. The normalized spacial score (nSPS) is 12.0. The highest BCUT2D eigenvalue weighted by Crippen LogP contribution is 2.38. The summed E-state index contributed by atoms with van der Waals surface area (Å²) in [5, 5.41) is 22.3. The van der Waals surface area contributed by atoms with Gasteiger partial charge in [-0.1, -0.05) is 11.6 Å². The van der Waals surface area contributed by atoms with Gasteiger partial charge in [-0.05, 0) is 24.3 Å². The van der Waals surface area contributed by atoms with E-state index in [1.165, 1.54) is 6.07 Å². The maximum absolute atomic E-state index is 9.95. The van der Waals surface area contributed by atoms with Crippen LogP contribution in [0.2, 0.25) is 5.02 Å². The number of halogens is 1. The standard InChI is InChI=1S/C15H11ClN2O3/c16-11-3-9(6-17)1-2-12(11)18-7-10-4-14-15(5-13(10)19)21-8-20-14/h1-5,18-19H,7-8H2. The van der Waals surface area contributed by atoms with E-state index in [-0.39, 0.29) is 12.5 Å². The number of phenolic OH excluding ortho intramolecular Hbond substituents is 1. The maximum atomic E-state index is 9.95. The van der Waals surface area contributed by atoms with Crippen LogP contribution >= 0.6 is 11.6 Å². The molecule has 2 N–H and O–H groups in total. The second-order valence-corrected chi connectivity index (χ2v) is 4.90. The Labute approximate surface area is 126 Å². The monoisotopic (exact) mass is 302 g/mol. The summed E-state index contributed by atoms with van der Waals surface area (Å²) in [6, 6.07) is 10.3. The van der Waals surface area contributed by atoms with E-state index in [9.17, 15) is 5.11 Å². The third kappa shape index (κ3) is 2.67. The molecule has 0 fully saturated rings. The molecule has 106 valence electrons. The number of ether oxygens (including phenoxy) is 2. The summed E-state index contributed by atoms with van der Waals surface area (Å²) in [5.41, 5.74) is 1.85. The van der Waals surface area contributed by atoms with Crippen molar-refractivity contribution < 1.29 is 14.6 Å². The Balaban J connectivity index is 1.78. The molecule has 21 heavy (non-hydrogen) atoms. The van der Waals surface area contributed by atoms with Crippen LogP contribution in [0, 0.1) is 11.3 Å². The van der Waals surface area contributed by atoms with Crippen LogP contribution < -0.4 is 14.8 Å². The minimum Gasteiger partial charge on any atom is -0.507 e. The highest BCUT2D eigenvalue weighted by Gasteiger charge is 2.17. The molecule has 0 bridgehead atoms. The lowest BCUT2D eigenvalue weighted by atomic mass is 10.1. The number of phenols is 1. The molecule has 3 rings (SSSR count). The van der Waals surface area contributed by atoms with Gasteiger partial charge in [-0.15, -0.1) is 0 Å². The molecule has 1 aliphatic rings. The number of hydrogen-bond acceptors (Lipinski definition) is 5. The van der Waals surface area contributed by atoms with Crippen LogP contribution in [0.4, 0.5) is 5.69 Å². The van der Waals surface area contributed by atoms with Gasteiger partial charge in [-0.3, -0.25) is 0 Å². The molecule has 5 nitrogen and oxygen atoms in total. The summed E-state index contributed by atoms with van der Waals surface area (Å²) < 4.78 is 10.5. The molecule has 2 aromatic carbocycles. The molecule has 0 atom stereocenters. The average molecular weight is 303 g/mol. The van der Waals surface area contributed by atoms with Gasteiger partial charge >= 0.3 is 0 Å². The van der Waals surface area contributed by atoms with E-state index in [0.29, 0.717) is 39.9 Å². The number of rotatable bonds is 3. The number of benzene rings is 2. The molecule has 0 saturated carbocycles. The van der Waals surface area contributed by atoms with Crippen LogP contribution in [0.5, 0.6) is 17.2 Å². The lowest BCUT2D eigenvalue weighted by Crippen LogP contribution is -2.00. The fourth-order valence-electron chi connectivity index (χ4n) is 2.03. The summed E-state index contributed by atoms with van der Waals surface area (Å²) in [7, 11) is 0. The van der Waals surface area contributed by atoms with Crippen LogP contribution in [0.15, 0.2) is 30.3 Å². The molecular formula is C15H11ClN2O3. The predicted molar refractivity (Wildman–Crippen MR) is 77.7 cm³/mol. The molecule has 2 aromatic rings. The molecular weight excluding hydrogens is 292 g/mol. The average Bonchev–Trinajstić information content (AvgIpc) is 2.92. The minimum absolute atomic E-state index is 0.122. The molecule has 0 amide bonds. The van der Waals surface area contributed by atoms with Crippen molar-refractivity contribution in [3.05, 3.63) is 46.5 Å². The van der Waals surface area contributed by atoms with Crippen molar-refractivity contribution in [1.82, 2.24) is 0 Å². The van der Waals surface area contributed by atoms with E-state index in [1.807, 2.05) is 6.07 Å². The van der Waals surface area contributed by atoms with Gasteiger partial charge < -0.3 is 19.9 Å². The van der Waals surface area contributed by atoms with Crippen LogP contribution in [-0.4, -0.2) is 11.9 Å². The summed E-state index contributed by atoms with van der Waals surface area (Å²) in [5.74, 6) is 1.26. The number of nitriles is 1. The van der Waals surface area contributed by atoms with Crippen LogP contribution in [0.1, 0.15) is 11.1 Å². The van der Waals surface area contributed by atoms with Crippen molar-refractivity contribution in [2.45, 2.75) is 6.54 Å². The zero-order chi connectivity index (χ0) is 14.8. The summed E-state index contributed by atoms with van der Waals surface area (Å²) >= 11 is 6.09. The van der Waals surface area contributed by atoms with E-state index < -0.39 is 0 Å². The first-order chi connectivity index (χ1) is 10.2. The Morgan fingerprint density at radius 1 is 1.24 bits per heavy atom. The van der Waals surface area contributed by atoms with Gasteiger partial charge in [0.15, 0.2) is 11.5 Å². The molecule has 0 spiro atoms. The van der Waals surface area contributed by atoms with Crippen LogP contribution in [-0.2, 0) is 6.54 Å². The predicted octanol–water partition coefficient (Wildman–Crippen LogP) is 3.26. The SMILES string of the molecule is N#Cc1ccc(NCc2cc3c(cc2O)OCO3)c(Cl)c1. The van der Waals surface area contributed by atoms with E-state index in [1.54, 1.807) is 24.3 Å². The molecule has 1 heterocycles. The maximum Gasteiger partial charge on any atom is 0.231 e. The minimum atomic E-state index is 0.122. The Kier molecular flexibility index (Phi) is 3.46. The summed E-state index contributed by atoms with van der Waals surface area (Å²) in [4.78, 5) is 0. The van der Waals surface area contributed by atoms with Gasteiger partial charge in [0, 0.05) is 18.2 Å². The molecule has 0 aliphatic carbocycles. The number of fused-ring (bicyclic) bond motifs is 1. The van der Waals surface area contributed by atoms with Gasteiger partial charge in [0.1, 0.15) is 5.75 Å². The molecule has 0 unspecified atom stereocenters. The second-order valence-electron chi connectivity index (χ2n) is 4.49. The van der Waals surface area contributed by atoms with E-state index in [2.05, 4.69) is 5.32 Å². The number of hydrogen-bond donors (Lipinski definition) is 2. The van der Waals surface area contributed by atoms with Crippen molar-refractivity contribution in [1.29, 1.82) is 5.26 Å². The fraction of sp³-hybridized carbons (Fsp3) is 0.133. The van der Waals surface area contributed by atoms with Crippen molar-refractivity contribution in [3.63, 3.8) is 0 Å². The molecule has 0 aromatic heterocycles. The third-order valence-corrected chi connectivity index (χ3v) is 3.45. The van der Waals surface area contributed by atoms with E-state index in [4.69, 9.17) is 26.3 Å². The van der Waals surface area contributed by atoms with Gasteiger partial charge in [0.05, 0.1) is 22.3 Å². The lowest BCUT2D eigenvalue weighted by Gasteiger charge is -2.10. The fourth-order valence-corrected chi connectivity index (χ4v) is 2.28. The Morgan fingerprint density at radius 3 is 2.71 bits per heavy atom.